The first-order valence-corrected chi connectivity index (χ1v) is 9.35. The number of hydrogen-bond acceptors (Lipinski definition) is 7. The predicted octanol–water partition coefficient (Wildman–Crippen LogP) is 4.33. The smallest absolute Gasteiger partial charge is 0.263 e. The fourth-order valence-electron chi connectivity index (χ4n) is 2.62. The number of amides is 1. The highest BCUT2D eigenvalue weighted by molar-refractivity contribution is 7.15. The molecule has 0 saturated carbocycles. The van der Waals surface area contributed by atoms with Crippen LogP contribution in [0.3, 0.4) is 0 Å². The van der Waals surface area contributed by atoms with E-state index < -0.39 is 0 Å². The Morgan fingerprint density at radius 1 is 1.07 bits per heavy atom. The van der Waals surface area contributed by atoms with E-state index in [9.17, 15) is 4.79 Å². The third-order valence-corrected chi connectivity index (χ3v) is 4.74. The number of para-hydroxylation sites is 1. The first-order chi connectivity index (χ1) is 13.7. The molecule has 4 aromatic rings. The third kappa shape index (κ3) is 3.91. The van der Waals surface area contributed by atoms with Crippen LogP contribution < -0.4 is 10.1 Å². The Bertz CT molecular complexity index is 1080. The van der Waals surface area contributed by atoms with E-state index in [2.05, 4.69) is 20.7 Å². The molecule has 0 bridgehead atoms. The van der Waals surface area contributed by atoms with E-state index in [1.165, 1.54) is 11.3 Å². The summed E-state index contributed by atoms with van der Waals surface area (Å²) in [5, 5.41) is 15.9. The summed E-state index contributed by atoms with van der Waals surface area (Å²) in [5.41, 5.74) is 1.68. The highest BCUT2D eigenvalue weighted by Gasteiger charge is 2.22. The lowest BCUT2D eigenvalue weighted by molar-refractivity contribution is 0.102. The van der Waals surface area contributed by atoms with Crippen LogP contribution in [0.2, 0.25) is 0 Å². The maximum atomic E-state index is 12.8. The van der Waals surface area contributed by atoms with Gasteiger partial charge in [0.2, 0.25) is 5.13 Å². The first-order valence-electron chi connectivity index (χ1n) is 8.54. The minimum Gasteiger partial charge on any atom is -0.486 e. The summed E-state index contributed by atoms with van der Waals surface area (Å²) in [6, 6.07) is 18.8. The third-order valence-electron chi connectivity index (χ3n) is 3.93. The van der Waals surface area contributed by atoms with Gasteiger partial charge in [-0.05, 0) is 19.1 Å². The summed E-state index contributed by atoms with van der Waals surface area (Å²) in [6.07, 6.45) is 0. The molecule has 0 aliphatic rings. The van der Waals surface area contributed by atoms with Gasteiger partial charge >= 0.3 is 0 Å². The second-order valence-corrected chi connectivity index (χ2v) is 6.95. The van der Waals surface area contributed by atoms with Crippen molar-refractivity contribution in [3.8, 4) is 17.0 Å². The van der Waals surface area contributed by atoms with E-state index in [1.807, 2.05) is 60.7 Å². The van der Waals surface area contributed by atoms with Crippen molar-refractivity contribution in [2.75, 3.05) is 5.32 Å². The van der Waals surface area contributed by atoms with Crippen LogP contribution in [0, 0.1) is 6.92 Å². The Hall–Kier alpha value is -3.52. The predicted molar refractivity (Wildman–Crippen MR) is 105 cm³/mol. The van der Waals surface area contributed by atoms with Crippen LogP contribution in [0.4, 0.5) is 5.13 Å². The van der Waals surface area contributed by atoms with Crippen LogP contribution in [0.25, 0.3) is 11.3 Å². The fourth-order valence-corrected chi connectivity index (χ4v) is 3.26. The number of aromatic nitrogens is 3. The van der Waals surface area contributed by atoms with Gasteiger partial charge in [-0.15, -0.1) is 10.2 Å². The van der Waals surface area contributed by atoms with Gasteiger partial charge in [0.1, 0.15) is 29.4 Å². The van der Waals surface area contributed by atoms with Gasteiger partial charge in [-0.1, -0.05) is 65.0 Å². The van der Waals surface area contributed by atoms with Crippen LogP contribution in [0.15, 0.2) is 65.2 Å². The number of carbonyl (C=O) groups excluding carboxylic acids is 1. The van der Waals surface area contributed by atoms with E-state index in [1.54, 1.807) is 6.92 Å². The number of carbonyl (C=O) groups is 1. The number of nitrogens with one attached hydrogen (secondary N) is 1. The summed E-state index contributed by atoms with van der Waals surface area (Å²) in [6.45, 7) is 1.98. The van der Waals surface area contributed by atoms with Gasteiger partial charge in [0.25, 0.3) is 5.91 Å². The summed E-state index contributed by atoms with van der Waals surface area (Å²) in [5.74, 6) is 0.841. The molecule has 0 spiro atoms. The second-order valence-electron chi connectivity index (χ2n) is 5.89. The number of aryl methyl sites for hydroxylation is 1. The molecule has 0 saturated heterocycles. The summed E-state index contributed by atoms with van der Waals surface area (Å²) in [7, 11) is 0. The van der Waals surface area contributed by atoms with E-state index in [0.29, 0.717) is 27.2 Å². The lowest BCUT2D eigenvalue weighted by Gasteiger charge is -2.03. The van der Waals surface area contributed by atoms with E-state index in [-0.39, 0.29) is 12.5 Å². The number of anilines is 1. The van der Waals surface area contributed by atoms with E-state index in [4.69, 9.17) is 9.26 Å². The van der Waals surface area contributed by atoms with Crippen LogP contribution in [0.1, 0.15) is 21.1 Å². The van der Waals surface area contributed by atoms with Gasteiger partial charge in [-0.3, -0.25) is 10.1 Å². The molecule has 2 heterocycles. The number of ether oxygens (including phenoxy) is 1. The average molecular weight is 392 g/mol. The fraction of sp³-hybridized carbons (Fsp3) is 0.100. The molecule has 140 valence electrons. The maximum Gasteiger partial charge on any atom is 0.263 e. The molecule has 0 fully saturated rings. The minimum atomic E-state index is -0.343. The number of hydrogen-bond donors (Lipinski definition) is 1. The minimum absolute atomic E-state index is 0.277. The molecular formula is C20H16N4O3S. The molecule has 1 N–H and O–H groups in total. The topological polar surface area (TPSA) is 90.1 Å². The molecule has 0 aliphatic heterocycles. The lowest BCUT2D eigenvalue weighted by Crippen LogP contribution is -2.13. The molecule has 0 unspecified atom stereocenters. The molecule has 2 aromatic carbocycles. The number of benzene rings is 2. The monoisotopic (exact) mass is 392 g/mol. The zero-order chi connectivity index (χ0) is 19.3. The van der Waals surface area contributed by atoms with Gasteiger partial charge in [0, 0.05) is 5.56 Å². The van der Waals surface area contributed by atoms with Gasteiger partial charge in [0.15, 0.2) is 5.01 Å². The number of nitrogens with zero attached hydrogens (tertiary/aromatic N) is 3. The van der Waals surface area contributed by atoms with Crippen molar-refractivity contribution in [2.45, 2.75) is 13.5 Å². The van der Waals surface area contributed by atoms with Gasteiger partial charge in [0.05, 0.1) is 0 Å². The van der Waals surface area contributed by atoms with Crippen molar-refractivity contribution in [1.82, 2.24) is 15.4 Å². The van der Waals surface area contributed by atoms with Gasteiger partial charge in [-0.2, -0.15) is 0 Å². The molecule has 4 rings (SSSR count). The van der Waals surface area contributed by atoms with Crippen molar-refractivity contribution >= 4 is 22.4 Å². The normalized spacial score (nSPS) is 10.6. The molecule has 8 heteroatoms. The maximum absolute atomic E-state index is 12.8. The van der Waals surface area contributed by atoms with Crippen LogP contribution in [-0.2, 0) is 6.61 Å². The summed E-state index contributed by atoms with van der Waals surface area (Å²) in [4.78, 5) is 12.8. The summed E-state index contributed by atoms with van der Waals surface area (Å²) < 4.78 is 10.9. The van der Waals surface area contributed by atoms with E-state index in [0.717, 1.165) is 11.3 Å². The molecule has 7 nitrogen and oxygen atoms in total. The van der Waals surface area contributed by atoms with Crippen LogP contribution in [0.5, 0.6) is 5.75 Å². The van der Waals surface area contributed by atoms with Crippen molar-refractivity contribution in [3.05, 3.63) is 77.0 Å². The van der Waals surface area contributed by atoms with Crippen LogP contribution in [-0.4, -0.2) is 21.3 Å². The SMILES string of the molecule is Cc1onc(-c2ccccc2)c1C(=O)Nc1nnc(COc2ccccc2)s1. The van der Waals surface area contributed by atoms with Crippen molar-refractivity contribution in [1.29, 1.82) is 0 Å². The number of rotatable bonds is 6. The molecule has 0 aliphatic carbocycles. The molecule has 28 heavy (non-hydrogen) atoms. The van der Waals surface area contributed by atoms with Crippen molar-refractivity contribution in [2.24, 2.45) is 0 Å². The highest BCUT2D eigenvalue weighted by atomic mass is 32.1. The van der Waals surface area contributed by atoms with E-state index >= 15 is 0 Å². The molecular weight excluding hydrogens is 376 g/mol. The molecule has 2 aromatic heterocycles. The lowest BCUT2D eigenvalue weighted by atomic mass is 10.1. The second kappa shape index (κ2) is 8.01. The van der Waals surface area contributed by atoms with Gasteiger partial charge < -0.3 is 9.26 Å². The Morgan fingerprint density at radius 2 is 1.79 bits per heavy atom. The standard InChI is InChI=1S/C20H16N4O3S/c1-13-17(18(24-27-13)14-8-4-2-5-9-14)19(25)21-20-23-22-16(28-20)12-26-15-10-6-3-7-11-15/h2-11H,12H2,1H3,(H,21,23,25). The summed E-state index contributed by atoms with van der Waals surface area (Å²) >= 11 is 1.26. The average Bonchev–Trinajstić information content (AvgIpc) is 3.34. The Balaban J connectivity index is 1.46. The molecule has 1 amide bonds. The zero-order valence-electron chi connectivity index (χ0n) is 15.0. The Morgan fingerprint density at radius 3 is 2.54 bits per heavy atom. The largest absolute Gasteiger partial charge is 0.486 e. The highest BCUT2D eigenvalue weighted by Crippen LogP contribution is 2.26. The molecule has 0 atom stereocenters. The van der Waals surface area contributed by atoms with Crippen molar-refractivity contribution in [3.63, 3.8) is 0 Å². The first kappa shape index (κ1) is 17.9. The van der Waals surface area contributed by atoms with Crippen LogP contribution >= 0.6 is 11.3 Å². The zero-order valence-corrected chi connectivity index (χ0v) is 15.8. The Kier molecular flexibility index (Phi) is 5.11. The van der Waals surface area contributed by atoms with Crippen molar-refractivity contribution < 1.29 is 14.1 Å². The Labute approximate surface area is 165 Å². The van der Waals surface area contributed by atoms with Gasteiger partial charge in [-0.25, -0.2) is 0 Å². The quantitative estimate of drug-likeness (QED) is 0.525. The molecule has 0 radical (unpaired) electrons.